The predicted molar refractivity (Wildman–Crippen MR) is 161 cm³/mol. The number of aromatic nitrogens is 1. The molecule has 6 heteroatoms. The maximum Gasteiger partial charge on any atom is 0.247 e. The van der Waals surface area contributed by atoms with Crippen LogP contribution in [0.1, 0.15) is 102 Å². The highest BCUT2D eigenvalue weighted by atomic mass is 32.2. The van der Waals surface area contributed by atoms with Crippen molar-refractivity contribution in [3.63, 3.8) is 0 Å². The highest BCUT2D eigenvalue weighted by molar-refractivity contribution is 7.89. The molecule has 0 aliphatic carbocycles. The molecule has 0 unspecified atom stereocenters. The van der Waals surface area contributed by atoms with Crippen LogP contribution in [0.25, 0.3) is 16.6 Å². The van der Waals surface area contributed by atoms with Gasteiger partial charge in [-0.1, -0.05) is 127 Å². The Hall–Kier alpha value is -2.60. The number of para-hydroxylation sites is 2. The van der Waals surface area contributed by atoms with Crippen LogP contribution in [0.4, 0.5) is 0 Å². The monoisotopic (exact) mass is 537 g/mol. The predicted octanol–water partition coefficient (Wildman–Crippen LogP) is 8.16. The van der Waals surface area contributed by atoms with Crippen molar-refractivity contribution in [3.05, 3.63) is 71.7 Å². The van der Waals surface area contributed by atoms with Crippen LogP contribution in [0.15, 0.2) is 65.8 Å². The number of rotatable bonds is 18. The lowest BCUT2D eigenvalue weighted by atomic mass is 10.0. The summed E-state index contributed by atoms with van der Waals surface area (Å²) in [5.74, 6) is 0.104. The van der Waals surface area contributed by atoms with E-state index in [4.69, 9.17) is 0 Å². The molecular weight excluding hydrogens is 490 g/mol. The van der Waals surface area contributed by atoms with Gasteiger partial charge in [0.05, 0.1) is 11.3 Å². The van der Waals surface area contributed by atoms with Gasteiger partial charge in [-0.25, -0.2) is 13.2 Å². The zero-order chi connectivity index (χ0) is 27.1. The number of hydrogen-bond acceptors (Lipinski definition) is 3. The van der Waals surface area contributed by atoms with Crippen molar-refractivity contribution in [2.45, 2.75) is 104 Å². The molecule has 0 atom stereocenters. The molecule has 0 fully saturated rings. The summed E-state index contributed by atoms with van der Waals surface area (Å²) in [4.78, 5) is 2.50. The summed E-state index contributed by atoms with van der Waals surface area (Å²) in [6.45, 7) is 4.29. The summed E-state index contributed by atoms with van der Waals surface area (Å²) in [6, 6.07) is 20.0. The third kappa shape index (κ3) is 9.94. The Kier molecular flexibility index (Phi) is 12.9. The van der Waals surface area contributed by atoms with Crippen molar-refractivity contribution in [2.24, 2.45) is 5.10 Å². The first kappa shape index (κ1) is 29.9. The van der Waals surface area contributed by atoms with E-state index >= 15 is 0 Å². The molecule has 38 heavy (non-hydrogen) atoms. The number of pyridine rings is 1. The molecule has 1 heterocycles. The van der Waals surface area contributed by atoms with Crippen molar-refractivity contribution in [3.8, 4) is 5.69 Å². The van der Waals surface area contributed by atoms with Gasteiger partial charge >= 0.3 is 0 Å². The van der Waals surface area contributed by atoms with Gasteiger partial charge in [0.1, 0.15) is 0 Å². The van der Waals surface area contributed by atoms with Crippen LogP contribution in [0.5, 0.6) is 0 Å². The lowest BCUT2D eigenvalue weighted by Crippen LogP contribution is -2.28. The number of unbranched alkanes of at least 4 members (excludes halogenated alkanes) is 13. The average molecular weight is 538 g/mol. The second-order valence-electron chi connectivity index (χ2n) is 10.5. The van der Waals surface area contributed by atoms with Gasteiger partial charge in [-0.3, -0.25) is 4.57 Å². The number of hydrogen-bond donors (Lipinski definition) is 1. The summed E-state index contributed by atoms with van der Waals surface area (Å²) in [7, 11) is -3.49. The molecule has 5 nitrogen and oxygen atoms in total. The Bertz CT molecular complexity index is 1270. The molecule has 0 aliphatic heterocycles. The van der Waals surface area contributed by atoms with E-state index in [2.05, 4.69) is 22.9 Å². The molecule has 1 N–H and O–H groups in total. The topological polar surface area (TPSA) is 63.5 Å². The summed E-state index contributed by atoms with van der Waals surface area (Å²) in [6.07, 6.45) is 17.4. The van der Waals surface area contributed by atoms with E-state index in [-0.39, 0.29) is 5.75 Å². The zero-order valence-electron chi connectivity index (χ0n) is 23.5. The van der Waals surface area contributed by atoms with Crippen molar-refractivity contribution in [1.29, 1.82) is 0 Å². The van der Waals surface area contributed by atoms with Gasteiger partial charge in [0.25, 0.3) is 0 Å². The Morgan fingerprint density at radius 1 is 0.711 bits per heavy atom. The van der Waals surface area contributed by atoms with Gasteiger partial charge in [-0.05, 0) is 43.2 Å². The first-order valence-electron chi connectivity index (χ1n) is 14.7. The van der Waals surface area contributed by atoms with E-state index in [1.54, 1.807) is 0 Å². The van der Waals surface area contributed by atoms with Gasteiger partial charge < -0.3 is 0 Å². The minimum absolute atomic E-state index is 0.104. The van der Waals surface area contributed by atoms with Crippen molar-refractivity contribution in [1.82, 2.24) is 9.40 Å². The summed E-state index contributed by atoms with van der Waals surface area (Å²) in [5.41, 5.74) is 3.55. The summed E-state index contributed by atoms with van der Waals surface area (Å²) < 4.78 is 27.4. The molecular formula is C32H47N3O2S. The third-order valence-corrected chi connectivity index (χ3v) is 8.42. The largest absolute Gasteiger partial charge is 0.293 e. The minimum Gasteiger partial charge on any atom is -0.293 e. The van der Waals surface area contributed by atoms with Crippen LogP contribution in [0.3, 0.4) is 0 Å². The minimum atomic E-state index is -3.49. The fraction of sp³-hybridized carbons (Fsp3) is 0.531. The molecule has 3 rings (SSSR count). The van der Waals surface area contributed by atoms with Crippen LogP contribution in [0, 0.1) is 6.92 Å². The van der Waals surface area contributed by atoms with Crippen molar-refractivity contribution < 1.29 is 8.42 Å². The Balaban J connectivity index is 1.45. The van der Waals surface area contributed by atoms with Crippen LogP contribution in [0.2, 0.25) is 0 Å². The Morgan fingerprint density at radius 3 is 1.84 bits per heavy atom. The van der Waals surface area contributed by atoms with Crippen LogP contribution < -0.4 is 10.3 Å². The van der Waals surface area contributed by atoms with Gasteiger partial charge in [0, 0.05) is 11.1 Å². The lowest BCUT2D eigenvalue weighted by molar-refractivity contribution is 0.536. The van der Waals surface area contributed by atoms with E-state index in [0.717, 1.165) is 35.0 Å². The van der Waals surface area contributed by atoms with E-state index in [1.165, 1.54) is 70.6 Å². The lowest BCUT2D eigenvalue weighted by Gasteiger charge is -2.14. The molecule has 0 spiro atoms. The average Bonchev–Trinajstić information content (AvgIpc) is 2.93. The van der Waals surface area contributed by atoms with E-state index in [1.807, 2.05) is 66.1 Å². The van der Waals surface area contributed by atoms with E-state index in [0.29, 0.717) is 11.9 Å². The zero-order valence-corrected chi connectivity index (χ0v) is 24.3. The molecule has 0 radical (unpaired) electrons. The molecule has 0 aliphatic rings. The maximum atomic E-state index is 12.7. The van der Waals surface area contributed by atoms with Crippen LogP contribution >= 0.6 is 0 Å². The summed E-state index contributed by atoms with van der Waals surface area (Å²) >= 11 is 0. The number of fused-ring (bicyclic) bond motifs is 1. The van der Waals surface area contributed by atoms with Crippen molar-refractivity contribution in [2.75, 3.05) is 5.75 Å². The fourth-order valence-corrected chi connectivity index (χ4v) is 5.95. The first-order valence-corrected chi connectivity index (χ1v) is 16.4. The number of benzene rings is 2. The molecule has 208 valence electrons. The third-order valence-electron chi connectivity index (χ3n) is 7.22. The molecule has 0 bridgehead atoms. The number of aryl methyl sites for hydroxylation is 1. The highest BCUT2D eigenvalue weighted by Gasteiger charge is 2.10. The molecule has 1 aromatic heterocycles. The molecule has 3 aromatic rings. The Labute approximate surface area is 230 Å². The quantitative estimate of drug-likeness (QED) is 0.131. The number of nitrogens with zero attached hydrogens (tertiary/aromatic N) is 2. The fourth-order valence-electron chi connectivity index (χ4n) is 5.04. The van der Waals surface area contributed by atoms with E-state index < -0.39 is 10.0 Å². The molecule has 0 saturated heterocycles. The second-order valence-corrected chi connectivity index (χ2v) is 12.3. The van der Waals surface area contributed by atoms with Gasteiger partial charge in [-0.15, -0.1) is 5.10 Å². The molecule has 2 aromatic carbocycles. The van der Waals surface area contributed by atoms with Crippen LogP contribution in [-0.4, -0.2) is 18.7 Å². The summed E-state index contributed by atoms with van der Waals surface area (Å²) in [5, 5.41) is 5.49. The number of nitrogens with one attached hydrogen (secondary N) is 1. The first-order chi connectivity index (χ1) is 18.5. The van der Waals surface area contributed by atoms with Crippen LogP contribution in [-0.2, 0) is 10.0 Å². The highest BCUT2D eigenvalue weighted by Crippen LogP contribution is 2.19. The normalized spacial score (nSPS) is 12.3. The smallest absolute Gasteiger partial charge is 0.247 e. The molecule has 0 saturated carbocycles. The van der Waals surface area contributed by atoms with Gasteiger partial charge in [0.15, 0.2) is 5.49 Å². The second kappa shape index (κ2) is 16.4. The number of sulfonamides is 1. The standard InChI is InChI=1S/C32H47N3O2S/c1-3-4-5-6-7-8-9-10-11-12-13-14-15-21-26-38(36,37)34-33-32-27-28(2)30-24-19-20-25-31(30)35(32)29-22-17-16-18-23-29/h16-20,22-25,27,34H,3-15,21,26H2,1-2H3. The van der Waals surface area contributed by atoms with Crippen molar-refractivity contribution >= 4 is 20.9 Å². The van der Waals surface area contributed by atoms with Gasteiger partial charge in [0.2, 0.25) is 10.0 Å². The molecule has 0 amide bonds. The van der Waals surface area contributed by atoms with Gasteiger partial charge in [-0.2, -0.15) is 0 Å². The maximum absolute atomic E-state index is 12.7. The van der Waals surface area contributed by atoms with E-state index in [9.17, 15) is 8.42 Å². The Morgan fingerprint density at radius 2 is 1.24 bits per heavy atom. The SMILES string of the molecule is CCCCCCCCCCCCCCCCS(=O)(=O)NN=c1cc(C)c2ccccc2n1-c1ccccc1.